The SMILES string of the molecule is O=C(O)CCCCc1ccc2c(n1)CCNC2. The minimum atomic E-state index is -0.713. The van der Waals surface area contributed by atoms with E-state index in [0.717, 1.165) is 44.5 Å². The van der Waals surface area contributed by atoms with Crippen LogP contribution in [-0.4, -0.2) is 22.6 Å². The number of carbonyl (C=O) groups is 1. The average molecular weight is 234 g/mol. The molecule has 0 unspecified atom stereocenters. The Morgan fingerprint density at radius 1 is 1.41 bits per heavy atom. The van der Waals surface area contributed by atoms with Gasteiger partial charge in [0.2, 0.25) is 0 Å². The van der Waals surface area contributed by atoms with Crippen molar-refractivity contribution in [3.8, 4) is 0 Å². The first-order chi connectivity index (χ1) is 8.25. The minimum Gasteiger partial charge on any atom is -0.481 e. The van der Waals surface area contributed by atoms with Crippen LogP contribution in [0.2, 0.25) is 0 Å². The van der Waals surface area contributed by atoms with Crippen molar-refractivity contribution < 1.29 is 9.90 Å². The molecular weight excluding hydrogens is 216 g/mol. The molecule has 0 aromatic carbocycles. The maximum Gasteiger partial charge on any atom is 0.303 e. The van der Waals surface area contributed by atoms with Gasteiger partial charge in [-0.2, -0.15) is 0 Å². The van der Waals surface area contributed by atoms with Gasteiger partial charge in [0.05, 0.1) is 0 Å². The highest BCUT2D eigenvalue weighted by Gasteiger charge is 2.10. The van der Waals surface area contributed by atoms with Crippen molar-refractivity contribution >= 4 is 5.97 Å². The lowest BCUT2D eigenvalue weighted by Crippen LogP contribution is -2.24. The van der Waals surface area contributed by atoms with E-state index in [1.165, 1.54) is 11.3 Å². The number of aromatic nitrogens is 1. The van der Waals surface area contributed by atoms with Crippen LogP contribution in [0.3, 0.4) is 0 Å². The van der Waals surface area contributed by atoms with Crippen molar-refractivity contribution in [3.05, 3.63) is 29.1 Å². The summed E-state index contributed by atoms with van der Waals surface area (Å²) in [6.07, 6.45) is 3.77. The molecule has 1 aromatic rings. The van der Waals surface area contributed by atoms with E-state index in [1.54, 1.807) is 0 Å². The fraction of sp³-hybridized carbons (Fsp3) is 0.538. The van der Waals surface area contributed by atoms with E-state index in [4.69, 9.17) is 5.11 Å². The van der Waals surface area contributed by atoms with Crippen LogP contribution in [-0.2, 0) is 24.2 Å². The zero-order valence-electron chi connectivity index (χ0n) is 9.91. The maximum atomic E-state index is 10.4. The molecule has 1 aromatic heterocycles. The molecule has 0 bridgehead atoms. The zero-order chi connectivity index (χ0) is 12.1. The third-order valence-corrected chi connectivity index (χ3v) is 3.05. The number of hydrogen-bond acceptors (Lipinski definition) is 3. The van der Waals surface area contributed by atoms with Crippen LogP contribution in [0.25, 0.3) is 0 Å². The largest absolute Gasteiger partial charge is 0.481 e. The van der Waals surface area contributed by atoms with Crippen LogP contribution in [0, 0.1) is 0 Å². The molecule has 0 spiro atoms. The summed E-state index contributed by atoms with van der Waals surface area (Å²) >= 11 is 0. The normalized spacial score (nSPS) is 14.4. The lowest BCUT2D eigenvalue weighted by molar-refractivity contribution is -0.137. The van der Waals surface area contributed by atoms with Crippen molar-refractivity contribution in [2.45, 2.75) is 38.6 Å². The van der Waals surface area contributed by atoms with Crippen molar-refractivity contribution in [1.82, 2.24) is 10.3 Å². The van der Waals surface area contributed by atoms with E-state index in [1.807, 2.05) is 0 Å². The average Bonchev–Trinajstić information content (AvgIpc) is 2.34. The molecule has 0 saturated carbocycles. The van der Waals surface area contributed by atoms with Gasteiger partial charge in [0.15, 0.2) is 0 Å². The summed E-state index contributed by atoms with van der Waals surface area (Å²) in [6, 6.07) is 4.20. The monoisotopic (exact) mass is 234 g/mol. The highest BCUT2D eigenvalue weighted by Crippen LogP contribution is 2.13. The molecule has 1 aliphatic rings. The summed E-state index contributed by atoms with van der Waals surface area (Å²) < 4.78 is 0. The smallest absolute Gasteiger partial charge is 0.303 e. The van der Waals surface area contributed by atoms with Crippen molar-refractivity contribution in [2.75, 3.05) is 6.54 Å². The zero-order valence-corrected chi connectivity index (χ0v) is 9.91. The molecule has 0 saturated heterocycles. The van der Waals surface area contributed by atoms with E-state index in [0.29, 0.717) is 0 Å². The fourth-order valence-electron chi connectivity index (χ4n) is 2.10. The molecule has 0 aliphatic carbocycles. The summed E-state index contributed by atoms with van der Waals surface area (Å²) in [5.41, 5.74) is 3.60. The Balaban J connectivity index is 1.86. The summed E-state index contributed by atoms with van der Waals surface area (Å²) in [4.78, 5) is 15.0. The Morgan fingerprint density at radius 2 is 2.29 bits per heavy atom. The predicted octanol–water partition coefficient (Wildman–Crippen LogP) is 1.52. The number of nitrogens with zero attached hydrogens (tertiary/aromatic N) is 1. The van der Waals surface area contributed by atoms with Gasteiger partial charge in [-0.1, -0.05) is 6.07 Å². The molecule has 0 fully saturated rings. The fourth-order valence-corrected chi connectivity index (χ4v) is 2.10. The van der Waals surface area contributed by atoms with Crippen LogP contribution in [0.5, 0.6) is 0 Å². The molecule has 2 N–H and O–H groups in total. The van der Waals surface area contributed by atoms with Crippen molar-refractivity contribution in [3.63, 3.8) is 0 Å². The Labute approximate surface area is 101 Å². The minimum absolute atomic E-state index is 0.259. The van der Waals surface area contributed by atoms with E-state index < -0.39 is 5.97 Å². The molecule has 4 nitrogen and oxygen atoms in total. The topological polar surface area (TPSA) is 62.2 Å². The summed E-state index contributed by atoms with van der Waals surface area (Å²) in [5, 5.41) is 11.9. The van der Waals surface area contributed by atoms with Crippen molar-refractivity contribution in [2.24, 2.45) is 0 Å². The molecule has 92 valence electrons. The summed E-state index contributed by atoms with van der Waals surface area (Å²) in [5.74, 6) is -0.713. The molecule has 17 heavy (non-hydrogen) atoms. The number of carboxylic acid groups (broad SMARTS) is 1. The quantitative estimate of drug-likeness (QED) is 0.758. The number of fused-ring (bicyclic) bond motifs is 1. The molecule has 0 atom stereocenters. The van der Waals surface area contributed by atoms with E-state index in [2.05, 4.69) is 22.4 Å². The van der Waals surface area contributed by atoms with Crippen LogP contribution in [0.15, 0.2) is 12.1 Å². The van der Waals surface area contributed by atoms with Gasteiger partial charge in [-0.25, -0.2) is 0 Å². The Hall–Kier alpha value is -1.42. The number of aliphatic carboxylic acids is 1. The van der Waals surface area contributed by atoms with Gasteiger partial charge < -0.3 is 10.4 Å². The van der Waals surface area contributed by atoms with Crippen LogP contribution < -0.4 is 5.32 Å². The number of unbranched alkanes of at least 4 members (excludes halogenated alkanes) is 1. The Morgan fingerprint density at radius 3 is 3.12 bits per heavy atom. The first kappa shape index (κ1) is 12.0. The molecular formula is C13H18N2O2. The number of nitrogens with one attached hydrogen (secondary N) is 1. The van der Waals surface area contributed by atoms with Gasteiger partial charge in [-0.3, -0.25) is 9.78 Å². The number of aryl methyl sites for hydroxylation is 1. The third kappa shape index (κ3) is 3.53. The van der Waals surface area contributed by atoms with E-state index in [9.17, 15) is 4.79 Å². The second-order valence-corrected chi connectivity index (χ2v) is 4.44. The maximum absolute atomic E-state index is 10.4. The number of carboxylic acids is 1. The predicted molar refractivity (Wildman–Crippen MR) is 64.8 cm³/mol. The number of pyridine rings is 1. The highest BCUT2D eigenvalue weighted by atomic mass is 16.4. The van der Waals surface area contributed by atoms with Crippen LogP contribution >= 0.6 is 0 Å². The van der Waals surface area contributed by atoms with Crippen molar-refractivity contribution in [1.29, 1.82) is 0 Å². The molecule has 0 amide bonds. The Bertz CT molecular complexity index is 404. The van der Waals surface area contributed by atoms with Gasteiger partial charge in [0, 0.05) is 37.3 Å². The van der Waals surface area contributed by atoms with E-state index >= 15 is 0 Å². The molecule has 1 aliphatic heterocycles. The van der Waals surface area contributed by atoms with Gasteiger partial charge in [-0.05, 0) is 30.9 Å². The Kier molecular flexibility index (Phi) is 4.09. The first-order valence-corrected chi connectivity index (χ1v) is 6.16. The number of rotatable bonds is 5. The van der Waals surface area contributed by atoms with Crippen LogP contribution in [0.1, 0.15) is 36.2 Å². The van der Waals surface area contributed by atoms with Gasteiger partial charge >= 0.3 is 5.97 Å². The third-order valence-electron chi connectivity index (χ3n) is 3.05. The standard InChI is InChI=1S/C13H18N2O2/c16-13(17)4-2-1-3-11-6-5-10-9-14-8-7-12(10)15-11/h5-6,14H,1-4,7-9H2,(H,16,17). The second-order valence-electron chi connectivity index (χ2n) is 4.44. The summed E-state index contributed by atoms with van der Waals surface area (Å²) in [6.45, 7) is 1.92. The van der Waals surface area contributed by atoms with Crippen LogP contribution in [0.4, 0.5) is 0 Å². The molecule has 0 radical (unpaired) electrons. The van der Waals surface area contributed by atoms with Gasteiger partial charge in [-0.15, -0.1) is 0 Å². The molecule has 2 heterocycles. The molecule has 4 heteroatoms. The lowest BCUT2D eigenvalue weighted by Gasteiger charge is -2.16. The second kappa shape index (κ2) is 5.77. The number of hydrogen-bond donors (Lipinski definition) is 2. The van der Waals surface area contributed by atoms with Gasteiger partial charge in [0.25, 0.3) is 0 Å². The first-order valence-electron chi connectivity index (χ1n) is 6.16. The lowest BCUT2D eigenvalue weighted by atomic mass is 10.0. The molecule has 2 rings (SSSR count). The van der Waals surface area contributed by atoms with Gasteiger partial charge in [0.1, 0.15) is 0 Å². The summed E-state index contributed by atoms with van der Waals surface area (Å²) in [7, 11) is 0. The highest BCUT2D eigenvalue weighted by molar-refractivity contribution is 5.66. The van der Waals surface area contributed by atoms with E-state index in [-0.39, 0.29) is 6.42 Å².